The lowest BCUT2D eigenvalue weighted by molar-refractivity contribution is 0.0704. The quantitative estimate of drug-likeness (QED) is 0.791. The molecule has 0 aliphatic carbocycles. The van der Waals surface area contributed by atoms with E-state index < -0.39 is 0 Å². The molecule has 1 aliphatic rings. The maximum atomic E-state index is 12.3. The topological polar surface area (TPSA) is 69.0 Å². The SMILES string of the molecule is O=C(NCc1cccs1)c1cnc2c(c1)ncn2C1CCOCC1. The molecule has 24 heavy (non-hydrogen) atoms. The van der Waals surface area contributed by atoms with Gasteiger partial charge in [0, 0.05) is 30.3 Å². The number of ether oxygens (including phenoxy) is 1. The molecule has 3 aromatic rings. The number of amides is 1. The fourth-order valence-corrected chi connectivity index (χ4v) is 3.60. The third-order valence-electron chi connectivity index (χ3n) is 4.26. The molecule has 7 heteroatoms. The van der Waals surface area contributed by atoms with Gasteiger partial charge in [-0.2, -0.15) is 0 Å². The largest absolute Gasteiger partial charge is 0.381 e. The summed E-state index contributed by atoms with van der Waals surface area (Å²) >= 11 is 1.63. The van der Waals surface area contributed by atoms with Crippen molar-refractivity contribution in [3.8, 4) is 0 Å². The molecule has 0 saturated carbocycles. The van der Waals surface area contributed by atoms with E-state index in [4.69, 9.17) is 4.74 Å². The molecule has 1 N–H and O–H groups in total. The molecule has 124 valence electrons. The Morgan fingerprint density at radius 2 is 2.25 bits per heavy atom. The van der Waals surface area contributed by atoms with Crippen LogP contribution in [0, 0.1) is 0 Å². The third kappa shape index (κ3) is 3.05. The lowest BCUT2D eigenvalue weighted by Crippen LogP contribution is -2.22. The third-order valence-corrected chi connectivity index (χ3v) is 5.14. The second-order valence-electron chi connectivity index (χ2n) is 5.82. The lowest BCUT2D eigenvalue weighted by Gasteiger charge is -2.23. The molecule has 0 unspecified atom stereocenters. The van der Waals surface area contributed by atoms with E-state index in [1.807, 2.05) is 29.9 Å². The summed E-state index contributed by atoms with van der Waals surface area (Å²) in [5, 5.41) is 4.91. The van der Waals surface area contributed by atoms with E-state index >= 15 is 0 Å². The second-order valence-corrected chi connectivity index (χ2v) is 6.86. The average Bonchev–Trinajstić information content (AvgIpc) is 3.29. The van der Waals surface area contributed by atoms with Gasteiger partial charge in [0.15, 0.2) is 5.65 Å². The summed E-state index contributed by atoms with van der Waals surface area (Å²) in [5.74, 6) is -0.126. The van der Waals surface area contributed by atoms with E-state index in [0.717, 1.165) is 42.1 Å². The summed E-state index contributed by atoms with van der Waals surface area (Å²) < 4.78 is 7.51. The highest BCUT2D eigenvalue weighted by Gasteiger charge is 2.19. The molecule has 4 rings (SSSR count). The Morgan fingerprint density at radius 3 is 3.04 bits per heavy atom. The first-order valence-corrected chi connectivity index (χ1v) is 8.90. The summed E-state index contributed by atoms with van der Waals surface area (Å²) in [5.41, 5.74) is 2.12. The van der Waals surface area contributed by atoms with Crippen molar-refractivity contribution in [1.29, 1.82) is 0 Å². The van der Waals surface area contributed by atoms with Crippen molar-refractivity contribution in [2.75, 3.05) is 13.2 Å². The number of fused-ring (bicyclic) bond motifs is 1. The van der Waals surface area contributed by atoms with Crippen molar-refractivity contribution >= 4 is 28.4 Å². The zero-order valence-electron chi connectivity index (χ0n) is 13.1. The summed E-state index contributed by atoms with van der Waals surface area (Å²) in [4.78, 5) is 22.3. The van der Waals surface area contributed by atoms with Crippen molar-refractivity contribution in [2.24, 2.45) is 0 Å². The minimum absolute atomic E-state index is 0.126. The van der Waals surface area contributed by atoms with Gasteiger partial charge in [-0.1, -0.05) is 6.07 Å². The molecule has 3 aromatic heterocycles. The first-order valence-electron chi connectivity index (χ1n) is 8.02. The van der Waals surface area contributed by atoms with Crippen LogP contribution in [-0.2, 0) is 11.3 Å². The number of hydrogen-bond donors (Lipinski definition) is 1. The maximum Gasteiger partial charge on any atom is 0.253 e. The Balaban J connectivity index is 1.52. The van der Waals surface area contributed by atoms with Crippen LogP contribution in [0.5, 0.6) is 0 Å². The summed E-state index contributed by atoms with van der Waals surface area (Å²) in [6, 6.07) is 6.15. The Morgan fingerprint density at radius 1 is 1.38 bits per heavy atom. The van der Waals surface area contributed by atoms with Crippen molar-refractivity contribution in [3.63, 3.8) is 0 Å². The minimum atomic E-state index is -0.126. The van der Waals surface area contributed by atoms with Crippen molar-refractivity contribution in [3.05, 3.63) is 46.5 Å². The van der Waals surface area contributed by atoms with Crippen molar-refractivity contribution in [1.82, 2.24) is 19.9 Å². The number of thiophene rings is 1. The monoisotopic (exact) mass is 342 g/mol. The first-order chi connectivity index (χ1) is 11.8. The molecule has 1 aliphatic heterocycles. The second kappa shape index (κ2) is 6.70. The van der Waals surface area contributed by atoms with E-state index in [1.165, 1.54) is 0 Å². The van der Waals surface area contributed by atoms with Gasteiger partial charge >= 0.3 is 0 Å². The number of nitrogens with one attached hydrogen (secondary N) is 1. The highest BCUT2D eigenvalue weighted by Crippen LogP contribution is 2.24. The van der Waals surface area contributed by atoms with Crippen LogP contribution in [0.3, 0.4) is 0 Å². The van der Waals surface area contributed by atoms with Crippen LogP contribution in [0.4, 0.5) is 0 Å². The van der Waals surface area contributed by atoms with E-state index in [1.54, 1.807) is 17.5 Å². The maximum absolute atomic E-state index is 12.3. The zero-order valence-corrected chi connectivity index (χ0v) is 14.0. The fraction of sp³-hybridized carbons (Fsp3) is 0.353. The van der Waals surface area contributed by atoms with Gasteiger partial charge in [0.1, 0.15) is 5.52 Å². The van der Waals surface area contributed by atoms with Gasteiger partial charge in [0.2, 0.25) is 0 Å². The number of imidazole rings is 1. The molecular weight excluding hydrogens is 324 g/mol. The van der Waals surface area contributed by atoms with Crippen LogP contribution in [0.25, 0.3) is 11.2 Å². The van der Waals surface area contributed by atoms with E-state index in [0.29, 0.717) is 18.2 Å². The van der Waals surface area contributed by atoms with Crippen molar-refractivity contribution in [2.45, 2.75) is 25.4 Å². The number of carbonyl (C=O) groups excluding carboxylic acids is 1. The number of carbonyl (C=O) groups is 1. The van der Waals surface area contributed by atoms with Gasteiger partial charge in [-0.3, -0.25) is 4.79 Å². The lowest BCUT2D eigenvalue weighted by atomic mass is 10.1. The van der Waals surface area contributed by atoms with Crippen LogP contribution >= 0.6 is 11.3 Å². The smallest absolute Gasteiger partial charge is 0.253 e. The van der Waals surface area contributed by atoms with Gasteiger partial charge in [0.25, 0.3) is 5.91 Å². The van der Waals surface area contributed by atoms with Gasteiger partial charge in [-0.25, -0.2) is 9.97 Å². The van der Waals surface area contributed by atoms with Crippen LogP contribution in [0.2, 0.25) is 0 Å². The molecule has 0 spiro atoms. The van der Waals surface area contributed by atoms with Crippen LogP contribution in [-0.4, -0.2) is 33.7 Å². The van der Waals surface area contributed by atoms with Gasteiger partial charge in [0.05, 0.1) is 18.4 Å². The average molecular weight is 342 g/mol. The Hall–Kier alpha value is -2.25. The van der Waals surface area contributed by atoms with Crippen LogP contribution in [0.15, 0.2) is 36.1 Å². The molecule has 4 heterocycles. The highest BCUT2D eigenvalue weighted by atomic mass is 32.1. The predicted molar refractivity (Wildman–Crippen MR) is 92.1 cm³/mol. The molecular formula is C17H18N4O2S. The van der Waals surface area contributed by atoms with Gasteiger partial charge < -0.3 is 14.6 Å². The number of aromatic nitrogens is 3. The van der Waals surface area contributed by atoms with Crippen LogP contribution < -0.4 is 5.32 Å². The number of hydrogen-bond acceptors (Lipinski definition) is 5. The van der Waals surface area contributed by atoms with E-state index in [9.17, 15) is 4.79 Å². The van der Waals surface area contributed by atoms with Crippen LogP contribution in [0.1, 0.15) is 34.1 Å². The molecule has 0 bridgehead atoms. The summed E-state index contributed by atoms with van der Waals surface area (Å²) in [7, 11) is 0. The Kier molecular flexibility index (Phi) is 4.27. The molecule has 0 atom stereocenters. The standard InChI is InChI=1S/C17H18N4O2S/c22-17(19-10-14-2-1-7-24-14)12-8-15-16(18-9-12)21(11-20-15)13-3-5-23-6-4-13/h1-2,7-9,11,13H,3-6,10H2,(H,19,22). The molecule has 0 aromatic carbocycles. The Labute approximate surface area is 143 Å². The molecule has 0 radical (unpaired) electrons. The minimum Gasteiger partial charge on any atom is -0.381 e. The number of rotatable bonds is 4. The molecule has 1 fully saturated rings. The number of nitrogens with zero attached hydrogens (tertiary/aromatic N) is 3. The fourth-order valence-electron chi connectivity index (χ4n) is 2.96. The Bertz CT molecular complexity index is 838. The number of pyridine rings is 1. The molecule has 6 nitrogen and oxygen atoms in total. The van der Waals surface area contributed by atoms with E-state index in [2.05, 4.69) is 19.9 Å². The highest BCUT2D eigenvalue weighted by molar-refractivity contribution is 7.09. The predicted octanol–water partition coefficient (Wildman–Crippen LogP) is 2.77. The zero-order chi connectivity index (χ0) is 16.4. The molecule has 1 amide bonds. The van der Waals surface area contributed by atoms with Gasteiger partial charge in [-0.05, 0) is 30.4 Å². The van der Waals surface area contributed by atoms with Gasteiger partial charge in [-0.15, -0.1) is 11.3 Å². The normalized spacial score (nSPS) is 15.7. The summed E-state index contributed by atoms with van der Waals surface area (Å²) in [6.07, 6.45) is 5.39. The van der Waals surface area contributed by atoms with Crippen molar-refractivity contribution < 1.29 is 9.53 Å². The molecule has 1 saturated heterocycles. The first kappa shape index (κ1) is 15.3. The van der Waals surface area contributed by atoms with E-state index in [-0.39, 0.29) is 5.91 Å². The summed E-state index contributed by atoms with van der Waals surface area (Å²) in [6.45, 7) is 2.08.